The SMILES string of the molecule is CCNC(C1CC1C)C(C)(C)C. The molecule has 72 valence electrons. The number of hydrogen-bond acceptors (Lipinski definition) is 1. The first kappa shape index (κ1) is 10.0. The number of hydrogen-bond donors (Lipinski definition) is 1. The standard InChI is InChI=1S/C11H23N/c1-6-12-10(11(3,4)5)9-7-8(9)2/h8-10,12H,6-7H2,1-5H3. The lowest BCUT2D eigenvalue weighted by Crippen LogP contribution is -2.42. The Morgan fingerprint density at radius 3 is 2.17 bits per heavy atom. The van der Waals surface area contributed by atoms with Gasteiger partial charge in [0, 0.05) is 6.04 Å². The summed E-state index contributed by atoms with van der Waals surface area (Å²) in [5.41, 5.74) is 0.422. The molecule has 12 heavy (non-hydrogen) atoms. The van der Waals surface area contributed by atoms with Crippen LogP contribution in [0.5, 0.6) is 0 Å². The molecule has 3 atom stereocenters. The highest BCUT2D eigenvalue weighted by Gasteiger charge is 2.43. The van der Waals surface area contributed by atoms with E-state index in [-0.39, 0.29) is 0 Å². The van der Waals surface area contributed by atoms with E-state index >= 15 is 0 Å². The van der Waals surface area contributed by atoms with Gasteiger partial charge in [0.25, 0.3) is 0 Å². The van der Waals surface area contributed by atoms with Crippen LogP contribution in [0.15, 0.2) is 0 Å². The summed E-state index contributed by atoms with van der Waals surface area (Å²) >= 11 is 0. The van der Waals surface area contributed by atoms with Crippen molar-refractivity contribution in [3.63, 3.8) is 0 Å². The van der Waals surface area contributed by atoms with Gasteiger partial charge in [-0.3, -0.25) is 0 Å². The van der Waals surface area contributed by atoms with Crippen LogP contribution in [-0.2, 0) is 0 Å². The highest BCUT2D eigenvalue weighted by atomic mass is 14.9. The molecule has 1 rings (SSSR count). The Labute approximate surface area is 76.9 Å². The second-order valence-electron chi connectivity index (χ2n) is 5.28. The summed E-state index contributed by atoms with van der Waals surface area (Å²) in [6, 6.07) is 0.720. The topological polar surface area (TPSA) is 12.0 Å². The molecule has 1 aliphatic rings. The highest BCUT2D eigenvalue weighted by Crippen LogP contribution is 2.45. The smallest absolute Gasteiger partial charge is 0.0146 e. The fourth-order valence-electron chi connectivity index (χ4n) is 2.14. The Morgan fingerprint density at radius 1 is 1.42 bits per heavy atom. The molecule has 1 aliphatic carbocycles. The third-order valence-corrected chi connectivity index (χ3v) is 2.96. The molecule has 0 amide bonds. The third-order valence-electron chi connectivity index (χ3n) is 2.96. The fourth-order valence-corrected chi connectivity index (χ4v) is 2.14. The van der Waals surface area contributed by atoms with Gasteiger partial charge in [0.05, 0.1) is 0 Å². The first-order valence-electron chi connectivity index (χ1n) is 5.20. The summed E-state index contributed by atoms with van der Waals surface area (Å²) in [5.74, 6) is 1.89. The van der Waals surface area contributed by atoms with E-state index in [1.165, 1.54) is 6.42 Å². The molecule has 0 saturated heterocycles. The second-order valence-corrected chi connectivity index (χ2v) is 5.28. The van der Waals surface area contributed by atoms with E-state index in [9.17, 15) is 0 Å². The molecule has 1 saturated carbocycles. The Kier molecular flexibility index (Phi) is 2.82. The molecule has 1 fully saturated rings. The molecule has 1 N–H and O–H groups in total. The largest absolute Gasteiger partial charge is 0.313 e. The first-order chi connectivity index (χ1) is 5.46. The van der Waals surface area contributed by atoms with Crippen molar-refractivity contribution in [3.05, 3.63) is 0 Å². The Hall–Kier alpha value is -0.0400. The molecular formula is C11H23N. The van der Waals surface area contributed by atoms with Crippen LogP contribution < -0.4 is 5.32 Å². The van der Waals surface area contributed by atoms with Crippen molar-refractivity contribution in [3.8, 4) is 0 Å². The highest BCUT2D eigenvalue weighted by molar-refractivity contribution is 4.97. The van der Waals surface area contributed by atoms with Gasteiger partial charge < -0.3 is 5.32 Å². The van der Waals surface area contributed by atoms with E-state index in [4.69, 9.17) is 0 Å². The molecule has 0 aromatic heterocycles. The van der Waals surface area contributed by atoms with Crippen LogP contribution in [0.3, 0.4) is 0 Å². The lowest BCUT2D eigenvalue weighted by Gasteiger charge is -2.32. The van der Waals surface area contributed by atoms with Gasteiger partial charge in [-0.05, 0) is 30.2 Å². The number of rotatable bonds is 3. The monoisotopic (exact) mass is 169 g/mol. The Balaban J connectivity index is 2.50. The molecule has 0 heterocycles. The third kappa shape index (κ3) is 2.22. The zero-order valence-electron chi connectivity index (χ0n) is 9.15. The molecule has 0 aromatic carbocycles. The average Bonchev–Trinajstić information content (AvgIpc) is 2.59. The van der Waals surface area contributed by atoms with Crippen molar-refractivity contribution >= 4 is 0 Å². The average molecular weight is 169 g/mol. The van der Waals surface area contributed by atoms with Gasteiger partial charge in [0.2, 0.25) is 0 Å². The molecule has 0 aromatic rings. The van der Waals surface area contributed by atoms with Crippen molar-refractivity contribution in [2.75, 3.05) is 6.54 Å². The summed E-state index contributed by atoms with van der Waals surface area (Å²) in [6.07, 6.45) is 1.43. The van der Waals surface area contributed by atoms with Crippen molar-refractivity contribution in [2.45, 2.75) is 47.1 Å². The lowest BCUT2D eigenvalue weighted by atomic mass is 9.83. The van der Waals surface area contributed by atoms with Crippen LogP contribution in [0.4, 0.5) is 0 Å². The van der Waals surface area contributed by atoms with Gasteiger partial charge in [0.1, 0.15) is 0 Å². The summed E-state index contributed by atoms with van der Waals surface area (Å²) in [7, 11) is 0. The fraction of sp³-hybridized carbons (Fsp3) is 1.00. The van der Waals surface area contributed by atoms with E-state index < -0.39 is 0 Å². The van der Waals surface area contributed by atoms with Crippen LogP contribution in [0, 0.1) is 17.3 Å². The molecule has 1 heteroatoms. The minimum atomic E-state index is 0.422. The maximum atomic E-state index is 3.61. The van der Waals surface area contributed by atoms with Gasteiger partial charge in [-0.2, -0.15) is 0 Å². The maximum Gasteiger partial charge on any atom is 0.0146 e. The van der Waals surface area contributed by atoms with E-state index in [1.807, 2.05) is 0 Å². The Morgan fingerprint density at radius 2 is 1.92 bits per heavy atom. The molecule has 0 spiro atoms. The van der Waals surface area contributed by atoms with Crippen molar-refractivity contribution < 1.29 is 0 Å². The van der Waals surface area contributed by atoms with E-state index in [2.05, 4.69) is 39.9 Å². The predicted octanol–water partition coefficient (Wildman–Crippen LogP) is 2.67. The van der Waals surface area contributed by atoms with Crippen molar-refractivity contribution in [2.24, 2.45) is 17.3 Å². The molecule has 0 bridgehead atoms. The molecular weight excluding hydrogens is 146 g/mol. The molecule has 0 aliphatic heterocycles. The minimum absolute atomic E-state index is 0.422. The van der Waals surface area contributed by atoms with E-state index in [0.717, 1.165) is 24.4 Å². The second kappa shape index (κ2) is 3.37. The van der Waals surface area contributed by atoms with Gasteiger partial charge in [0.15, 0.2) is 0 Å². The van der Waals surface area contributed by atoms with Crippen LogP contribution in [-0.4, -0.2) is 12.6 Å². The van der Waals surface area contributed by atoms with Gasteiger partial charge in [-0.1, -0.05) is 34.6 Å². The van der Waals surface area contributed by atoms with Crippen LogP contribution >= 0.6 is 0 Å². The molecule has 0 radical (unpaired) electrons. The van der Waals surface area contributed by atoms with Crippen LogP contribution in [0.2, 0.25) is 0 Å². The van der Waals surface area contributed by atoms with E-state index in [0.29, 0.717) is 5.41 Å². The summed E-state index contributed by atoms with van der Waals surface area (Å²) in [4.78, 5) is 0. The van der Waals surface area contributed by atoms with Gasteiger partial charge in [-0.15, -0.1) is 0 Å². The lowest BCUT2D eigenvalue weighted by molar-refractivity contribution is 0.238. The van der Waals surface area contributed by atoms with Gasteiger partial charge >= 0.3 is 0 Å². The first-order valence-corrected chi connectivity index (χ1v) is 5.20. The van der Waals surface area contributed by atoms with E-state index in [1.54, 1.807) is 0 Å². The number of nitrogens with one attached hydrogen (secondary N) is 1. The molecule has 3 unspecified atom stereocenters. The minimum Gasteiger partial charge on any atom is -0.313 e. The summed E-state index contributed by atoms with van der Waals surface area (Å²) in [5, 5.41) is 3.61. The van der Waals surface area contributed by atoms with Gasteiger partial charge in [-0.25, -0.2) is 0 Å². The zero-order chi connectivity index (χ0) is 9.35. The normalized spacial score (nSPS) is 31.8. The van der Waals surface area contributed by atoms with Crippen molar-refractivity contribution in [1.82, 2.24) is 5.32 Å². The quantitative estimate of drug-likeness (QED) is 0.685. The summed E-state index contributed by atoms with van der Waals surface area (Å²) in [6.45, 7) is 12.7. The summed E-state index contributed by atoms with van der Waals surface area (Å²) < 4.78 is 0. The maximum absolute atomic E-state index is 3.61. The van der Waals surface area contributed by atoms with Crippen molar-refractivity contribution in [1.29, 1.82) is 0 Å². The molecule has 1 nitrogen and oxygen atoms in total. The van der Waals surface area contributed by atoms with Crippen LogP contribution in [0.25, 0.3) is 0 Å². The Bertz CT molecular complexity index is 146. The van der Waals surface area contributed by atoms with Crippen LogP contribution in [0.1, 0.15) is 41.0 Å². The zero-order valence-corrected chi connectivity index (χ0v) is 9.15. The predicted molar refractivity (Wildman–Crippen MR) is 54.2 cm³/mol.